The zero-order valence-corrected chi connectivity index (χ0v) is 16.5. The molecule has 7 nitrogen and oxygen atoms in total. The van der Waals surface area contributed by atoms with E-state index in [1.54, 1.807) is 30.3 Å². The molecule has 1 aliphatic heterocycles. The largest absolute Gasteiger partial charge is 0.486 e. The molecule has 2 heterocycles. The molecule has 0 spiro atoms. The zero-order chi connectivity index (χ0) is 20.0. The molecule has 0 radical (unpaired) electrons. The first-order chi connectivity index (χ1) is 14.1. The number of aromatic amines is 1. The number of ether oxygens (including phenoxy) is 2. The maximum atomic E-state index is 13.6. The van der Waals surface area contributed by atoms with E-state index in [0.717, 1.165) is 5.39 Å². The number of likely N-dealkylation sites (N-methyl/N-ethyl adjacent to an activating group) is 1. The molecule has 1 aromatic heterocycles. The number of rotatable bonds is 4. The van der Waals surface area contributed by atoms with Crippen molar-refractivity contribution in [3.63, 3.8) is 0 Å². The molecular weight excluding hydrogens is 390 g/mol. The third-order valence-corrected chi connectivity index (χ3v) is 6.82. The van der Waals surface area contributed by atoms with Crippen LogP contribution in [0.3, 0.4) is 0 Å². The number of aromatic nitrogens is 2. The molecule has 0 saturated carbocycles. The average Bonchev–Trinajstić information content (AvgIpc) is 3.19. The number of nitrogens with zero attached hydrogens (tertiary/aromatic N) is 1. The second-order valence-corrected chi connectivity index (χ2v) is 8.78. The van der Waals surface area contributed by atoms with Gasteiger partial charge >= 0.3 is 0 Å². The van der Waals surface area contributed by atoms with Gasteiger partial charge in [-0.25, -0.2) is 8.42 Å². The van der Waals surface area contributed by atoms with Crippen molar-refractivity contribution in [2.45, 2.75) is 16.0 Å². The summed E-state index contributed by atoms with van der Waals surface area (Å²) in [5, 5.41) is 11.9. The lowest BCUT2D eigenvalue weighted by molar-refractivity contribution is 0.0938. The van der Waals surface area contributed by atoms with E-state index in [4.69, 9.17) is 9.47 Å². The summed E-state index contributed by atoms with van der Waals surface area (Å²) >= 11 is 0. The van der Waals surface area contributed by atoms with Gasteiger partial charge in [-0.1, -0.05) is 36.4 Å². The molecule has 0 bridgehead atoms. The van der Waals surface area contributed by atoms with E-state index < -0.39 is 9.84 Å². The number of nitrogens with one attached hydrogen (secondary N) is 2. The number of H-pyrrole nitrogens is 1. The van der Waals surface area contributed by atoms with E-state index >= 15 is 0 Å². The van der Waals surface area contributed by atoms with Gasteiger partial charge in [0.2, 0.25) is 9.84 Å². The van der Waals surface area contributed by atoms with Crippen LogP contribution in [0.1, 0.15) is 0 Å². The maximum Gasteiger partial charge on any atom is 0.224 e. The Bertz CT molecular complexity index is 1330. The fourth-order valence-corrected chi connectivity index (χ4v) is 5.29. The van der Waals surface area contributed by atoms with Crippen molar-refractivity contribution < 1.29 is 17.9 Å². The summed E-state index contributed by atoms with van der Waals surface area (Å²) in [7, 11) is -2.05. The van der Waals surface area contributed by atoms with Gasteiger partial charge in [0.15, 0.2) is 16.5 Å². The predicted molar refractivity (Wildman–Crippen MR) is 109 cm³/mol. The van der Waals surface area contributed by atoms with E-state index in [1.165, 1.54) is 0 Å². The van der Waals surface area contributed by atoms with Crippen LogP contribution in [-0.4, -0.2) is 44.9 Å². The van der Waals surface area contributed by atoms with Gasteiger partial charge in [-0.2, -0.15) is 5.10 Å². The summed E-state index contributed by atoms with van der Waals surface area (Å²) in [6.07, 6.45) is -0.221. The van der Waals surface area contributed by atoms with Crippen LogP contribution >= 0.6 is 0 Å². The number of hydrogen-bond acceptors (Lipinski definition) is 6. The van der Waals surface area contributed by atoms with Gasteiger partial charge < -0.3 is 14.8 Å². The molecule has 0 aliphatic carbocycles. The minimum atomic E-state index is -3.88. The summed E-state index contributed by atoms with van der Waals surface area (Å²) in [6.45, 7) is 0.974. The Kier molecular flexibility index (Phi) is 4.18. The van der Waals surface area contributed by atoms with Gasteiger partial charge in [0.05, 0.1) is 15.8 Å². The van der Waals surface area contributed by atoms with Gasteiger partial charge in [-0.3, -0.25) is 5.10 Å². The van der Waals surface area contributed by atoms with Crippen LogP contribution in [0.25, 0.3) is 21.7 Å². The zero-order valence-electron chi connectivity index (χ0n) is 15.7. The second kappa shape index (κ2) is 6.75. The van der Waals surface area contributed by atoms with Crippen molar-refractivity contribution in [1.29, 1.82) is 0 Å². The fourth-order valence-electron chi connectivity index (χ4n) is 3.71. The van der Waals surface area contributed by atoms with Crippen molar-refractivity contribution in [3.8, 4) is 11.5 Å². The van der Waals surface area contributed by atoms with Gasteiger partial charge in [0.25, 0.3) is 0 Å². The summed E-state index contributed by atoms with van der Waals surface area (Å²) in [5.74, 6) is 0.919. The van der Waals surface area contributed by atoms with Crippen LogP contribution in [-0.2, 0) is 9.84 Å². The Balaban J connectivity index is 1.73. The lowest BCUT2D eigenvalue weighted by Crippen LogP contribution is -2.37. The van der Waals surface area contributed by atoms with Crippen LogP contribution in [0.4, 0.5) is 0 Å². The lowest BCUT2D eigenvalue weighted by atomic mass is 10.1. The summed E-state index contributed by atoms with van der Waals surface area (Å²) < 4.78 is 39.2. The predicted octanol–water partition coefficient (Wildman–Crippen LogP) is 2.91. The molecule has 8 heteroatoms. The first kappa shape index (κ1) is 18.0. The van der Waals surface area contributed by atoms with Crippen molar-refractivity contribution in [2.75, 3.05) is 20.2 Å². The van der Waals surface area contributed by atoms with Crippen molar-refractivity contribution in [3.05, 3.63) is 54.6 Å². The molecular formula is C21H19N3O4S. The normalized spacial score (nSPS) is 16.4. The Hall–Kier alpha value is -3.10. The highest BCUT2D eigenvalue weighted by molar-refractivity contribution is 7.91. The van der Waals surface area contributed by atoms with Crippen LogP contribution in [0.15, 0.2) is 64.5 Å². The van der Waals surface area contributed by atoms with Crippen LogP contribution in [0.2, 0.25) is 0 Å². The third kappa shape index (κ3) is 2.83. The van der Waals surface area contributed by atoms with Gasteiger partial charge in [-0.05, 0) is 30.6 Å². The topological polar surface area (TPSA) is 93.3 Å². The highest BCUT2D eigenvalue weighted by atomic mass is 32.2. The molecule has 1 atom stereocenters. The first-order valence-corrected chi connectivity index (χ1v) is 10.8. The van der Waals surface area contributed by atoms with E-state index in [9.17, 15) is 8.42 Å². The van der Waals surface area contributed by atoms with Gasteiger partial charge in [-0.15, -0.1) is 0 Å². The summed E-state index contributed by atoms with van der Waals surface area (Å²) in [6, 6.07) is 16.1. The number of fused-ring (bicyclic) bond motifs is 4. The van der Waals surface area contributed by atoms with E-state index in [0.29, 0.717) is 40.9 Å². The molecule has 148 valence electrons. The minimum Gasteiger partial charge on any atom is -0.486 e. The average molecular weight is 409 g/mol. The van der Waals surface area contributed by atoms with Gasteiger partial charge in [0.1, 0.15) is 12.7 Å². The maximum absolute atomic E-state index is 13.6. The van der Waals surface area contributed by atoms with E-state index in [-0.39, 0.29) is 16.0 Å². The Morgan fingerprint density at radius 3 is 2.83 bits per heavy atom. The quantitative estimate of drug-likeness (QED) is 0.538. The van der Waals surface area contributed by atoms with E-state index in [2.05, 4.69) is 15.5 Å². The van der Waals surface area contributed by atoms with Crippen molar-refractivity contribution >= 4 is 31.5 Å². The monoisotopic (exact) mass is 409 g/mol. The Morgan fingerprint density at radius 2 is 1.97 bits per heavy atom. The molecule has 2 N–H and O–H groups in total. The van der Waals surface area contributed by atoms with E-state index in [1.807, 2.05) is 31.3 Å². The molecule has 3 aromatic carbocycles. The number of sulfone groups is 1. The van der Waals surface area contributed by atoms with Crippen molar-refractivity contribution in [2.24, 2.45) is 0 Å². The van der Waals surface area contributed by atoms with Crippen molar-refractivity contribution in [1.82, 2.24) is 15.5 Å². The minimum absolute atomic E-state index is 0.00871. The number of benzene rings is 3. The molecule has 0 unspecified atom stereocenters. The van der Waals surface area contributed by atoms with Crippen LogP contribution in [0.5, 0.6) is 11.5 Å². The molecule has 0 fully saturated rings. The standard InChI is InChI=1S/C21H19N3O4S/c1-22-11-14-12-27-17-10-9-16-19(20(17)28-14)21(24-23-16)29(25,26)18-8-4-6-13-5-2-3-7-15(13)18/h2-10,14,22H,11-12H2,1H3,(H,23,24)/t14-/m1/s1. The molecule has 5 rings (SSSR count). The smallest absolute Gasteiger partial charge is 0.224 e. The molecule has 4 aromatic rings. The summed E-state index contributed by atoms with van der Waals surface area (Å²) in [4.78, 5) is 0.224. The highest BCUT2D eigenvalue weighted by Crippen LogP contribution is 2.42. The van der Waals surface area contributed by atoms with Gasteiger partial charge in [0, 0.05) is 11.9 Å². The highest BCUT2D eigenvalue weighted by Gasteiger charge is 2.31. The number of hydrogen-bond donors (Lipinski definition) is 2. The Morgan fingerprint density at radius 1 is 1.14 bits per heavy atom. The Labute approximate surface area is 167 Å². The third-order valence-electron chi connectivity index (χ3n) is 5.05. The second-order valence-electron chi connectivity index (χ2n) is 6.93. The van der Waals surface area contributed by atoms with Crippen LogP contribution in [0, 0.1) is 0 Å². The SMILES string of the molecule is CNC[C@@H]1COc2ccc3n[nH]c(S(=O)(=O)c4cccc5ccccc45)c3c2O1. The molecule has 29 heavy (non-hydrogen) atoms. The first-order valence-electron chi connectivity index (χ1n) is 9.27. The summed E-state index contributed by atoms with van der Waals surface area (Å²) in [5.41, 5.74) is 0.510. The lowest BCUT2D eigenvalue weighted by Gasteiger charge is -2.27. The molecule has 0 amide bonds. The molecule has 0 saturated heterocycles. The molecule has 1 aliphatic rings. The van der Waals surface area contributed by atoms with Crippen LogP contribution < -0.4 is 14.8 Å². The fraction of sp³-hybridized carbons (Fsp3) is 0.190.